The lowest BCUT2D eigenvalue weighted by Crippen LogP contribution is -2.57. The second-order valence-electron chi connectivity index (χ2n) is 9.25. The molecule has 6 rings (SSSR count). The molecule has 3 fully saturated rings. The van der Waals surface area contributed by atoms with Crippen molar-refractivity contribution in [3.05, 3.63) is 90.5 Å². The van der Waals surface area contributed by atoms with Gasteiger partial charge in [-0.05, 0) is 56.8 Å². The number of aromatic nitrogens is 2. The molecule has 3 unspecified atom stereocenters. The van der Waals surface area contributed by atoms with Gasteiger partial charge >= 0.3 is 12.2 Å². The lowest BCUT2D eigenvalue weighted by atomic mass is 9.84. The molecule has 36 heavy (non-hydrogen) atoms. The second-order valence-corrected chi connectivity index (χ2v) is 9.25. The number of rotatable bonds is 5. The normalized spacial score (nSPS) is 21.9. The Hall–Kier alpha value is -3.65. The highest BCUT2D eigenvalue weighted by atomic mass is 16.6. The first-order valence-corrected chi connectivity index (χ1v) is 12.5. The third kappa shape index (κ3) is 6.95. The first kappa shape index (κ1) is 25.4. The zero-order chi connectivity index (χ0) is 25.3. The van der Waals surface area contributed by atoms with Gasteiger partial charge in [-0.15, -0.1) is 0 Å². The van der Waals surface area contributed by atoms with Crippen molar-refractivity contribution in [2.45, 2.75) is 44.9 Å². The number of alkyl carbamates (subject to hydrolysis) is 1. The van der Waals surface area contributed by atoms with Crippen molar-refractivity contribution in [3.63, 3.8) is 0 Å². The van der Waals surface area contributed by atoms with Gasteiger partial charge in [0.25, 0.3) is 0 Å². The van der Waals surface area contributed by atoms with E-state index < -0.39 is 6.09 Å². The summed E-state index contributed by atoms with van der Waals surface area (Å²) < 4.78 is 12.0. The Morgan fingerprint density at radius 2 is 1.50 bits per heavy atom. The predicted molar refractivity (Wildman–Crippen MR) is 136 cm³/mol. The van der Waals surface area contributed by atoms with E-state index in [2.05, 4.69) is 15.2 Å². The SMILES string of the molecule is CC(OC(=O)NC1CN2CCC1CC2)c1ccccc1.CC(OC(=O)n1ccnc1)c1ccccc1. The van der Waals surface area contributed by atoms with Crippen molar-refractivity contribution in [2.24, 2.45) is 5.92 Å². The number of hydrogen-bond acceptors (Lipinski definition) is 6. The summed E-state index contributed by atoms with van der Waals surface area (Å²) in [5.41, 5.74) is 1.99. The maximum absolute atomic E-state index is 12.0. The van der Waals surface area contributed by atoms with Crippen LogP contribution >= 0.6 is 0 Å². The molecule has 3 aliphatic rings. The van der Waals surface area contributed by atoms with Crippen molar-refractivity contribution < 1.29 is 19.1 Å². The fourth-order valence-corrected chi connectivity index (χ4v) is 4.64. The first-order chi connectivity index (χ1) is 17.5. The minimum atomic E-state index is -0.422. The van der Waals surface area contributed by atoms with Crippen molar-refractivity contribution in [1.82, 2.24) is 19.8 Å². The van der Waals surface area contributed by atoms with Crippen LogP contribution in [0.3, 0.4) is 0 Å². The van der Waals surface area contributed by atoms with Crippen molar-refractivity contribution in [1.29, 1.82) is 0 Å². The zero-order valence-corrected chi connectivity index (χ0v) is 20.8. The lowest BCUT2D eigenvalue weighted by Gasteiger charge is -2.44. The Balaban J connectivity index is 0.000000174. The summed E-state index contributed by atoms with van der Waals surface area (Å²) in [5, 5.41) is 3.05. The fraction of sp³-hybridized carbons (Fsp3) is 0.393. The molecule has 3 atom stereocenters. The highest BCUT2D eigenvalue weighted by Gasteiger charge is 2.35. The van der Waals surface area contributed by atoms with E-state index in [1.165, 1.54) is 43.0 Å². The van der Waals surface area contributed by atoms with E-state index in [1.807, 2.05) is 74.5 Å². The second kappa shape index (κ2) is 12.4. The average Bonchev–Trinajstić information content (AvgIpc) is 3.46. The van der Waals surface area contributed by atoms with Crippen molar-refractivity contribution in [3.8, 4) is 0 Å². The molecule has 2 aromatic carbocycles. The smallest absolute Gasteiger partial charge is 0.419 e. The van der Waals surface area contributed by atoms with Gasteiger partial charge < -0.3 is 19.7 Å². The summed E-state index contributed by atoms with van der Waals surface area (Å²) in [6.07, 6.45) is 5.70. The Morgan fingerprint density at radius 1 is 0.917 bits per heavy atom. The minimum Gasteiger partial charge on any atom is -0.442 e. The van der Waals surface area contributed by atoms with Crippen LogP contribution in [0.25, 0.3) is 0 Å². The van der Waals surface area contributed by atoms with Crippen LogP contribution < -0.4 is 5.32 Å². The van der Waals surface area contributed by atoms with Crippen LogP contribution in [0.15, 0.2) is 79.4 Å². The number of carbonyl (C=O) groups is 2. The van der Waals surface area contributed by atoms with Crippen LogP contribution in [0.4, 0.5) is 9.59 Å². The molecule has 8 heteroatoms. The topological polar surface area (TPSA) is 85.7 Å². The van der Waals surface area contributed by atoms with E-state index in [0.717, 1.165) is 17.7 Å². The number of carbonyl (C=O) groups excluding carboxylic acids is 2. The molecular formula is C28H34N4O4. The number of amides is 1. The standard InChI is InChI=1S/C16H22N2O2.C12H12N2O2/c1-12(13-5-3-2-4-6-13)20-16(19)17-15-11-18-9-7-14(15)8-10-18;1-10(11-5-3-2-4-6-11)16-12(15)14-8-7-13-9-14/h2-6,12,14-15H,7-11H2,1H3,(H,17,19);2-10H,1H3. The molecule has 3 saturated heterocycles. The van der Waals surface area contributed by atoms with Gasteiger partial charge in [0.05, 0.1) is 0 Å². The predicted octanol–water partition coefficient (Wildman–Crippen LogP) is 5.20. The van der Waals surface area contributed by atoms with E-state index in [-0.39, 0.29) is 24.3 Å². The van der Waals surface area contributed by atoms with Gasteiger partial charge in [-0.1, -0.05) is 60.7 Å². The lowest BCUT2D eigenvalue weighted by molar-refractivity contribution is 0.0568. The molecule has 4 heterocycles. The number of nitrogens with one attached hydrogen (secondary N) is 1. The molecule has 2 bridgehead atoms. The maximum Gasteiger partial charge on any atom is 0.419 e. The fourth-order valence-electron chi connectivity index (χ4n) is 4.64. The number of imidazole rings is 1. The molecule has 8 nitrogen and oxygen atoms in total. The number of ether oxygens (including phenoxy) is 2. The van der Waals surface area contributed by atoms with E-state index in [4.69, 9.17) is 9.47 Å². The van der Waals surface area contributed by atoms with Crippen LogP contribution in [0.2, 0.25) is 0 Å². The molecule has 1 N–H and O–H groups in total. The monoisotopic (exact) mass is 490 g/mol. The molecule has 1 amide bonds. The first-order valence-electron chi connectivity index (χ1n) is 12.5. The average molecular weight is 491 g/mol. The molecule has 3 aromatic rings. The Kier molecular flexibility index (Phi) is 8.73. The van der Waals surface area contributed by atoms with Gasteiger partial charge in [0, 0.05) is 25.0 Å². The minimum absolute atomic E-state index is 0.211. The molecule has 0 aliphatic carbocycles. The highest BCUT2D eigenvalue weighted by molar-refractivity contribution is 5.70. The van der Waals surface area contributed by atoms with Gasteiger partial charge in [0.15, 0.2) is 0 Å². The number of fused-ring (bicyclic) bond motifs is 3. The van der Waals surface area contributed by atoms with Gasteiger partial charge in [-0.25, -0.2) is 19.1 Å². The molecule has 1 aromatic heterocycles. The summed E-state index contributed by atoms with van der Waals surface area (Å²) >= 11 is 0. The summed E-state index contributed by atoms with van der Waals surface area (Å²) in [6.45, 7) is 7.08. The molecular weight excluding hydrogens is 456 g/mol. The third-order valence-electron chi connectivity index (χ3n) is 6.77. The van der Waals surface area contributed by atoms with Gasteiger partial charge in [0.1, 0.15) is 18.5 Å². The van der Waals surface area contributed by atoms with E-state index in [9.17, 15) is 9.59 Å². The van der Waals surface area contributed by atoms with Crippen molar-refractivity contribution in [2.75, 3.05) is 19.6 Å². The molecule has 0 saturated carbocycles. The molecule has 0 radical (unpaired) electrons. The molecule has 190 valence electrons. The quantitative estimate of drug-likeness (QED) is 0.529. The van der Waals surface area contributed by atoms with E-state index in [0.29, 0.717) is 5.92 Å². The number of benzene rings is 2. The van der Waals surface area contributed by atoms with Crippen LogP contribution in [0.1, 0.15) is 50.0 Å². The highest BCUT2D eigenvalue weighted by Crippen LogP contribution is 2.27. The maximum atomic E-state index is 12.0. The van der Waals surface area contributed by atoms with Crippen molar-refractivity contribution >= 4 is 12.2 Å². The summed E-state index contributed by atoms with van der Waals surface area (Å²) in [5.74, 6) is 0.625. The molecule has 3 aliphatic heterocycles. The number of piperidine rings is 3. The van der Waals surface area contributed by atoms with Gasteiger partial charge in [0.2, 0.25) is 0 Å². The summed E-state index contributed by atoms with van der Waals surface area (Å²) in [6, 6.07) is 19.7. The number of nitrogens with zero attached hydrogens (tertiary/aromatic N) is 3. The van der Waals surface area contributed by atoms with Gasteiger partial charge in [-0.3, -0.25) is 0 Å². The van der Waals surface area contributed by atoms with Crippen LogP contribution in [-0.2, 0) is 9.47 Å². The molecule has 0 spiro atoms. The Morgan fingerprint density at radius 3 is 2.00 bits per heavy atom. The van der Waals surface area contributed by atoms with Crippen LogP contribution in [0.5, 0.6) is 0 Å². The zero-order valence-electron chi connectivity index (χ0n) is 20.8. The Labute approximate surface area is 212 Å². The Bertz CT molecular complexity index is 1080. The largest absolute Gasteiger partial charge is 0.442 e. The number of hydrogen-bond donors (Lipinski definition) is 1. The van der Waals surface area contributed by atoms with E-state index in [1.54, 1.807) is 6.20 Å². The van der Waals surface area contributed by atoms with Crippen LogP contribution in [0, 0.1) is 5.92 Å². The van der Waals surface area contributed by atoms with Crippen LogP contribution in [-0.4, -0.2) is 52.3 Å². The summed E-state index contributed by atoms with van der Waals surface area (Å²) in [7, 11) is 0. The summed E-state index contributed by atoms with van der Waals surface area (Å²) in [4.78, 5) is 29.8. The van der Waals surface area contributed by atoms with Gasteiger partial charge in [-0.2, -0.15) is 0 Å². The van der Waals surface area contributed by atoms with E-state index >= 15 is 0 Å². The third-order valence-corrected chi connectivity index (χ3v) is 6.77.